The maximum atomic E-state index is 10.8. The van der Waals surface area contributed by atoms with Crippen molar-refractivity contribution >= 4 is 5.91 Å². The van der Waals surface area contributed by atoms with Crippen LogP contribution in [0.3, 0.4) is 0 Å². The standard InChI is InChI=1S/C16H23NO3/c1-19-14-10-4-6-12(7-5-11-15(17)18)16(14)20-13-8-2-3-9-13/h4,6,10,13H,2-3,5,7-9,11H2,1H3,(H2,17,18). The van der Waals surface area contributed by atoms with E-state index in [1.165, 1.54) is 12.8 Å². The van der Waals surface area contributed by atoms with Gasteiger partial charge in [-0.2, -0.15) is 0 Å². The van der Waals surface area contributed by atoms with E-state index in [2.05, 4.69) is 0 Å². The molecule has 110 valence electrons. The van der Waals surface area contributed by atoms with Gasteiger partial charge in [0.25, 0.3) is 0 Å². The fraction of sp³-hybridized carbons (Fsp3) is 0.562. The summed E-state index contributed by atoms with van der Waals surface area (Å²) in [6.45, 7) is 0. The molecule has 0 saturated heterocycles. The second-order valence-electron chi connectivity index (χ2n) is 5.29. The maximum Gasteiger partial charge on any atom is 0.217 e. The molecule has 20 heavy (non-hydrogen) atoms. The summed E-state index contributed by atoms with van der Waals surface area (Å²) >= 11 is 0. The molecule has 1 aromatic carbocycles. The number of nitrogens with two attached hydrogens (primary N) is 1. The molecule has 2 rings (SSSR count). The number of carbonyl (C=O) groups excluding carboxylic acids is 1. The number of para-hydroxylation sites is 1. The van der Waals surface area contributed by atoms with Crippen LogP contribution in [0.25, 0.3) is 0 Å². The summed E-state index contributed by atoms with van der Waals surface area (Å²) in [4.78, 5) is 10.8. The Morgan fingerprint density at radius 1 is 1.35 bits per heavy atom. The van der Waals surface area contributed by atoms with E-state index in [9.17, 15) is 4.79 Å². The third kappa shape index (κ3) is 3.89. The predicted molar refractivity (Wildman–Crippen MR) is 78.0 cm³/mol. The fourth-order valence-electron chi connectivity index (χ4n) is 2.68. The minimum Gasteiger partial charge on any atom is -0.493 e. The largest absolute Gasteiger partial charge is 0.493 e. The Hall–Kier alpha value is -1.71. The minimum atomic E-state index is -0.258. The van der Waals surface area contributed by atoms with Crippen LogP contribution >= 0.6 is 0 Å². The zero-order valence-electron chi connectivity index (χ0n) is 12.1. The predicted octanol–water partition coefficient (Wildman–Crippen LogP) is 2.82. The lowest BCUT2D eigenvalue weighted by Gasteiger charge is -2.19. The summed E-state index contributed by atoms with van der Waals surface area (Å²) in [5, 5.41) is 0. The number of ether oxygens (including phenoxy) is 2. The first-order valence-corrected chi connectivity index (χ1v) is 7.31. The summed E-state index contributed by atoms with van der Waals surface area (Å²) in [6.07, 6.45) is 6.90. The Bertz CT molecular complexity index is 453. The molecule has 1 fully saturated rings. The van der Waals surface area contributed by atoms with Gasteiger partial charge in [-0.3, -0.25) is 4.79 Å². The van der Waals surface area contributed by atoms with E-state index in [4.69, 9.17) is 15.2 Å². The topological polar surface area (TPSA) is 61.5 Å². The lowest BCUT2D eigenvalue weighted by molar-refractivity contribution is -0.118. The average molecular weight is 277 g/mol. The summed E-state index contributed by atoms with van der Waals surface area (Å²) in [5.41, 5.74) is 6.28. The third-order valence-corrected chi connectivity index (χ3v) is 3.74. The van der Waals surface area contributed by atoms with Gasteiger partial charge < -0.3 is 15.2 Å². The summed E-state index contributed by atoms with van der Waals surface area (Å²) < 4.78 is 11.6. The number of hydrogen-bond donors (Lipinski definition) is 1. The Morgan fingerprint density at radius 3 is 2.75 bits per heavy atom. The van der Waals surface area contributed by atoms with Crippen molar-refractivity contribution in [3.63, 3.8) is 0 Å². The van der Waals surface area contributed by atoms with Gasteiger partial charge in [0.15, 0.2) is 11.5 Å². The number of carbonyl (C=O) groups is 1. The van der Waals surface area contributed by atoms with Crippen molar-refractivity contribution in [1.82, 2.24) is 0 Å². The molecule has 1 aromatic rings. The Balaban J connectivity index is 2.09. The Labute approximate surface area is 120 Å². The molecular weight excluding hydrogens is 254 g/mol. The zero-order chi connectivity index (χ0) is 14.4. The molecule has 0 radical (unpaired) electrons. The van der Waals surface area contributed by atoms with Crippen LogP contribution in [0.5, 0.6) is 11.5 Å². The fourth-order valence-corrected chi connectivity index (χ4v) is 2.68. The Kier molecular flexibility index (Phi) is 5.27. The molecule has 2 N–H and O–H groups in total. The van der Waals surface area contributed by atoms with Crippen molar-refractivity contribution in [2.24, 2.45) is 5.73 Å². The third-order valence-electron chi connectivity index (χ3n) is 3.74. The molecule has 1 saturated carbocycles. The van der Waals surface area contributed by atoms with E-state index in [-0.39, 0.29) is 5.91 Å². The van der Waals surface area contributed by atoms with Crippen molar-refractivity contribution in [2.75, 3.05) is 7.11 Å². The van der Waals surface area contributed by atoms with Gasteiger partial charge in [-0.25, -0.2) is 0 Å². The lowest BCUT2D eigenvalue weighted by Crippen LogP contribution is -2.14. The van der Waals surface area contributed by atoms with Crippen molar-refractivity contribution in [2.45, 2.75) is 51.0 Å². The second-order valence-corrected chi connectivity index (χ2v) is 5.29. The van der Waals surface area contributed by atoms with E-state index in [0.717, 1.165) is 42.7 Å². The number of benzene rings is 1. The van der Waals surface area contributed by atoms with Crippen molar-refractivity contribution in [3.8, 4) is 11.5 Å². The summed E-state index contributed by atoms with van der Waals surface area (Å²) in [7, 11) is 1.66. The molecule has 0 unspecified atom stereocenters. The number of aryl methyl sites for hydroxylation is 1. The van der Waals surface area contributed by atoms with Gasteiger partial charge in [0.05, 0.1) is 13.2 Å². The van der Waals surface area contributed by atoms with Crippen molar-refractivity contribution in [1.29, 1.82) is 0 Å². The van der Waals surface area contributed by atoms with E-state index in [0.29, 0.717) is 12.5 Å². The molecule has 0 aromatic heterocycles. The second kappa shape index (κ2) is 7.17. The first-order valence-electron chi connectivity index (χ1n) is 7.31. The monoisotopic (exact) mass is 277 g/mol. The van der Waals surface area contributed by atoms with Crippen LogP contribution < -0.4 is 15.2 Å². The van der Waals surface area contributed by atoms with Crippen LogP contribution in [0.15, 0.2) is 18.2 Å². The molecule has 1 aliphatic rings. The number of hydrogen-bond acceptors (Lipinski definition) is 3. The van der Waals surface area contributed by atoms with E-state index < -0.39 is 0 Å². The van der Waals surface area contributed by atoms with Crippen LogP contribution in [0.4, 0.5) is 0 Å². The molecule has 0 bridgehead atoms. The van der Waals surface area contributed by atoms with Crippen molar-refractivity contribution in [3.05, 3.63) is 23.8 Å². The highest BCUT2D eigenvalue weighted by molar-refractivity contribution is 5.73. The summed E-state index contributed by atoms with van der Waals surface area (Å²) in [5.74, 6) is 1.35. The van der Waals surface area contributed by atoms with Crippen LogP contribution in [-0.2, 0) is 11.2 Å². The summed E-state index contributed by atoms with van der Waals surface area (Å²) in [6, 6.07) is 5.91. The van der Waals surface area contributed by atoms with Gasteiger partial charge in [0.2, 0.25) is 5.91 Å². The van der Waals surface area contributed by atoms with Gasteiger partial charge >= 0.3 is 0 Å². The van der Waals surface area contributed by atoms with Crippen LogP contribution in [0.2, 0.25) is 0 Å². The molecule has 0 aliphatic heterocycles. The molecule has 1 amide bonds. The van der Waals surface area contributed by atoms with Gasteiger partial charge in [0, 0.05) is 6.42 Å². The van der Waals surface area contributed by atoms with E-state index >= 15 is 0 Å². The van der Waals surface area contributed by atoms with Gasteiger partial charge in [-0.1, -0.05) is 12.1 Å². The molecule has 4 heteroatoms. The highest BCUT2D eigenvalue weighted by Gasteiger charge is 2.20. The molecule has 0 spiro atoms. The lowest BCUT2D eigenvalue weighted by atomic mass is 10.1. The average Bonchev–Trinajstić information content (AvgIpc) is 2.93. The smallest absolute Gasteiger partial charge is 0.217 e. The van der Waals surface area contributed by atoms with Gasteiger partial charge in [-0.15, -0.1) is 0 Å². The molecular formula is C16H23NO3. The first kappa shape index (κ1) is 14.7. The zero-order valence-corrected chi connectivity index (χ0v) is 12.1. The highest BCUT2D eigenvalue weighted by atomic mass is 16.5. The van der Waals surface area contributed by atoms with E-state index in [1.54, 1.807) is 7.11 Å². The first-order chi connectivity index (χ1) is 9.70. The van der Waals surface area contributed by atoms with Gasteiger partial charge in [0.1, 0.15) is 0 Å². The molecule has 1 aliphatic carbocycles. The highest BCUT2D eigenvalue weighted by Crippen LogP contribution is 2.35. The quantitative estimate of drug-likeness (QED) is 0.833. The number of methoxy groups -OCH3 is 1. The van der Waals surface area contributed by atoms with Crippen molar-refractivity contribution < 1.29 is 14.3 Å². The molecule has 4 nitrogen and oxygen atoms in total. The number of amides is 1. The Morgan fingerprint density at radius 2 is 2.10 bits per heavy atom. The molecule has 0 atom stereocenters. The SMILES string of the molecule is COc1cccc(CCCC(N)=O)c1OC1CCCC1. The van der Waals surface area contributed by atoms with Crippen LogP contribution in [0, 0.1) is 0 Å². The number of primary amides is 1. The van der Waals surface area contributed by atoms with Gasteiger partial charge in [-0.05, 0) is 50.2 Å². The normalized spacial score (nSPS) is 15.2. The van der Waals surface area contributed by atoms with E-state index in [1.807, 2.05) is 18.2 Å². The van der Waals surface area contributed by atoms with Crippen LogP contribution in [0.1, 0.15) is 44.1 Å². The van der Waals surface area contributed by atoms with Crippen LogP contribution in [-0.4, -0.2) is 19.1 Å². The maximum absolute atomic E-state index is 10.8. The molecule has 0 heterocycles. The number of rotatable bonds is 7. The minimum absolute atomic E-state index is 0.258.